The van der Waals surface area contributed by atoms with Crippen LogP contribution in [0.15, 0.2) is 29.2 Å². The maximum Gasteiger partial charge on any atom is 0.264 e. The van der Waals surface area contributed by atoms with E-state index in [2.05, 4.69) is 14.7 Å². The lowest BCUT2D eigenvalue weighted by Crippen LogP contribution is -2.18. The van der Waals surface area contributed by atoms with E-state index in [0.29, 0.717) is 5.56 Å². The van der Waals surface area contributed by atoms with Crippen molar-refractivity contribution in [2.45, 2.75) is 37.5 Å². The van der Waals surface area contributed by atoms with Gasteiger partial charge in [-0.2, -0.15) is 5.26 Å². The van der Waals surface area contributed by atoms with Gasteiger partial charge in [-0.15, -0.1) is 0 Å². The minimum absolute atomic E-state index is 0.0791. The van der Waals surface area contributed by atoms with Gasteiger partial charge in [-0.3, -0.25) is 0 Å². The summed E-state index contributed by atoms with van der Waals surface area (Å²) in [5.41, 5.74) is 3.30. The van der Waals surface area contributed by atoms with E-state index in [-0.39, 0.29) is 10.8 Å². The van der Waals surface area contributed by atoms with Gasteiger partial charge in [0.25, 0.3) is 10.0 Å². The van der Waals surface area contributed by atoms with Crippen LogP contribution in [0.1, 0.15) is 35.4 Å². The van der Waals surface area contributed by atoms with Crippen molar-refractivity contribution in [3.8, 4) is 6.07 Å². The first-order valence-corrected chi connectivity index (χ1v) is 8.87. The molecule has 0 radical (unpaired) electrons. The lowest BCUT2D eigenvalue weighted by atomic mass is 9.95. The fraction of sp³-hybridized carbons (Fsp3) is 0.312. The van der Waals surface area contributed by atoms with Gasteiger partial charge in [0.15, 0.2) is 0 Å². The molecular formula is C16H16N4O2S. The number of sulfonamides is 1. The number of nitrogens with zero attached hydrogens (tertiary/aromatic N) is 3. The zero-order valence-electron chi connectivity index (χ0n) is 12.7. The van der Waals surface area contributed by atoms with Crippen molar-refractivity contribution in [2.75, 3.05) is 4.72 Å². The van der Waals surface area contributed by atoms with E-state index >= 15 is 0 Å². The third kappa shape index (κ3) is 3.17. The molecule has 1 aromatic heterocycles. The number of rotatable bonds is 3. The molecular weight excluding hydrogens is 312 g/mol. The third-order valence-electron chi connectivity index (χ3n) is 3.91. The van der Waals surface area contributed by atoms with Crippen molar-refractivity contribution < 1.29 is 8.42 Å². The molecule has 0 saturated heterocycles. The van der Waals surface area contributed by atoms with E-state index in [9.17, 15) is 8.42 Å². The minimum Gasteiger partial charge on any atom is -0.247 e. The molecule has 3 rings (SSSR count). The van der Waals surface area contributed by atoms with Crippen LogP contribution in [0.5, 0.6) is 0 Å². The number of aryl methyl sites for hydroxylation is 2. The van der Waals surface area contributed by atoms with Crippen LogP contribution in [0.4, 0.5) is 5.95 Å². The number of benzene rings is 1. The van der Waals surface area contributed by atoms with Crippen LogP contribution in [0.25, 0.3) is 0 Å². The zero-order valence-corrected chi connectivity index (χ0v) is 13.5. The van der Waals surface area contributed by atoms with Crippen LogP contribution < -0.4 is 4.72 Å². The van der Waals surface area contributed by atoms with E-state index in [4.69, 9.17) is 5.26 Å². The molecule has 1 aliphatic carbocycles. The summed E-state index contributed by atoms with van der Waals surface area (Å²) in [6.07, 6.45) is 3.98. The Morgan fingerprint density at radius 3 is 2.52 bits per heavy atom. The summed E-state index contributed by atoms with van der Waals surface area (Å²) in [5.74, 6) is 0.104. The normalized spacial score (nSPS) is 13.9. The first kappa shape index (κ1) is 15.4. The SMILES string of the molecule is Cc1nc(NS(=O)(=O)c2ccc(C#N)cc2)nc2c1CCCC2. The third-order valence-corrected chi connectivity index (χ3v) is 5.25. The molecule has 0 atom stereocenters. The standard InChI is InChI=1S/C16H16N4O2S/c1-11-14-4-2-3-5-15(14)19-16(18-11)20-23(21,22)13-8-6-12(10-17)7-9-13/h6-9H,2-5H2,1H3,(H,18,19,20). The molecule has 0 spiro atoms. The molecule has 2 aromatic rings. The average Bonchev–Trinajstić information content (AvgIpc) is 2.54. The van der Waals surface area contributed by atoms with E-state index < -0.39 is 10.0 Å². The van der Waals surface area contributed by atoms with Gasteiger partial charge in [0.2, 0.25) is 5.95 Å². The lowest BCUT2D eigenvalue weighted by molar-refractivity contribution is 0.600. The van der Waals surface area contributed by atoms with Crippen LogP contribution in [0, 0.1) is 18.3 Å². The fourth-order valence-corrected chi connectivity index (χ4v) is 3.66. The first-order chi connectivity index (χ1) is 11.0. The van der Waals surface area contributed by atoms with Crippen LogP contribution in [-0.2, 0) is 22.9 Å². The van der Waals surface area contributed by atoms with E-state index in [0.717, 1.165) is 42.6 Å². The van der Waals surface area contributed by atoms with Gasteiger partial charge in [0.05, 0.1) is 16.5 Å². The molecule has 6 nitrogen and oxygen atoms in total. The van der Waals surface area contributed by atoms with Gasteiger partial charge in [-0.05, 0) is 62.4 Å². The zero-order chi connectivity index (χ0) is 16.4. The van der Waals surface area contributed by atoms with Crippen molar-refractivity contribution in [2.24, 2.45) is 0 Å². The highest BCUT2D eigenvalue weighted by Gasteiger charge is 2.19. The predicted molar refractivity (Wildman–Crippen MR) is 85.4 cm³/mol. The van der Waals surface area contributed by atoms with Crippen molar-refractivity contribution in [3.05, 3.63) is 46.8 Å². The lowest BCUT2D eigenvalue weighted by Gasteiger charge is -2.17. The van der Waals surface area contributed by atoms with Crippen molar-refractivity contribution in [1.29, 1.82) is 5.26 Å². The van der Waals surface area contributed by atoms with Gasteiger partial charge >= 0.3 is 0 Å². The molecule has 0 saturated carbocycles. The molecule has 118 valence electrons. The highest BCUT2D eigenvalue weighted by Crippen LogP contribution is 2.23. The Morgan fingerprint density at radius 1 is 1.13 bits per heavy atom. The number of anilines is 1. The summed E-state index contributed by atoms with van der Waals surface area (Å²) in [6.45, 7) is 1.88. The van der Waals surface area contributed by atoms with Gasteiger partial charge in [0, 0.05) is 11.4 Å². The summed E-state index contributed by atoms with van der Waals surface area (Å²) in [6, 6.07) is 7.68. The average molecular weight is 328 g/mol. The Bertz CT molecular complexity index is 884. The topological polar surface area (TPSA) is 95.7 Å². The van der Waals surface area contributed by atoms with Crippen LogP contribution >= 0.6 is 0 Å². The number of aromatic nitrogens is 2. The Morgan fingerprint density at radius 2 is 1.83 bits per heavy atom. The van der Waals surface area contributed by atoms with E-state index in [1.165, 1.54) is 24.3 Å². The van der Waals surface area contributed by atoms with Crippen molar-refractivity contribution in [1.82, 2.24) is 9.97 Å². The van der Waals surface area contributed by atoms with Crippen molar-refractivity contribution in [3.63, 3.8) is 0 Å². The second kappa shape index (κ2) is 5.97. The molecule has 0 amide bonds. The number of nitrogens with one attached hydrogen (secondary N) is 1. The van der Waals surface area contributed by atoms with Crippen LogP contribution in [0.2, 0.25) is 0 Å². The van der Waals surface area contributed by atoms with E-state index in [1.54, 1.807) is 0 Å². The maximum atomic E-state index is 12.4. The van der Waals surface area contributed by atoms with Gasteiger partial charge in [-0.1, -0.05) is 0 Å². The predicted octanol–water partition coefficient (Wildman–Crippen LogP) is 2.34. The molecule has 0 bridgehead atoms. The molecule has 1 aliphatic rings. The Balaban J connectivity index is 1.91. The summed E-state index contributed by atoms with van der Waals surface area (Å²) in [7, 11) is -3.77. The molecule has 0 fully saturated rings. The maximum absolute atomic E-state index is 12.4. The monoisotopic (exact) mass is 328 g/mol. The number of hydrogen-bond donors (Lipinski definition) is 1. The Kier molecular flexibility index (Phi) is 4.01. The summed E-state index contributed by atoms with van der Waals surface area (Å²) >= 11 is 0. The smallest absolute Gasteiger partial charge is 0.247 e. The Labute approximate surface area is 135 Å². The van der Waals surface area contributed by atoms with Gasteiger partial charge in [-0.25, -0.2) is 23.1 Å². The van der Waals surface area contributed by atoms with Crippen LogP contribution in [0.3, 0.4) is 0 Å². The van der Waals surface area contributed by atoms with Crippen LogP contribution in [-0.4, -0.2) is 18.4 Å². The van der Waals surface area contributed by atoms with E-state index in [1.807, 2.05) is 13.0 Å². The van der Waals surface area contributed by atoms with Gasteiger partial charge < -0.3 is 0 Å². The minimum atomic E-state index is -3.77. The summed E-state index contributed by atoms with van der Waals surface area (Å²) < 4.78 is 27.2. The molecule has 1 aromatic carbocycles. The highest BCUT2D eigenvalue weighted by molar-refractivity contribution is 7.92. The molecule has 0 unspecified atom stereocenters. The molecule has 1 N–H and O–H groups in total. The first-order valence-electron chi connectivity index (χ1n) is 7.39. The van der Waals surface area contributed by atoms with Gasteiger partial charge in [0.1, 0.15) is 0 Å². The number of hydrogen-bond acceptors (Lipinski definition) is 5. The summed E-state index contributed by atoms with van der Waals surface area (Å²) in [5, 5.41) is 8.77. The number of fused-ring (bicyclic) bond motifs is 1. The second-order valence-electron chi connectivity index (χ2n) is 5.51. The molecule has 0 aliphatic heterocycles. The fourth-order valence-electron chi connectivity index (χ4n) is 2.72. The molecule has 7 heteroatoms. The summed E-state index contributed by atoms with van der Waals surface area (Å²) in [4.78, 5) is 8.72. The molecule has 23 heavy (non-hydrogen) atoms. The Hall–Kier alpha value is -2.46. The number of nitriles is 1. The van der Waals surface area contributed by atoms with Crippen molar-refractivity contribution >= 4 is 16.0 Å². The quantitative estimate of drug-likeness (QED) is 0.933. The molecule has 1 heterocycles. The second-order valence-corrected chi connectivity index (χ2v) is 7.19. The highest BCUT2D eigenvalue weighted by atomic mass is 32.2. The largest absolute Gasteiger partial charge is 0.264 e.